The Morgan fingerprint density at radius 3 is 2.76 bits per heavy atom. The average molecular weight is 288 g/mol. The molecule has 0 unspecified atom stereocenters. The summed E-state index contributed by atoms with van der Waals surface area (Å²) in [6.07, 6.45) is 0. The van der Waals surface area contributed by atoms with Gasteiger partial charge in [0.25, 0.3) is 5.91 Å². The van der Waals surface area contributed by atoms with Crippen molar-refractivity contribution in [2.45, 2.75) is 13.5 Å². The van der Waals surface area contributed by atoms with E-state index in [1.165, 1.54) is 6.07 Å². The molecule has 2 aromatic carbocycles. The van der Waals surface area contributed by atoms with Crippen LogP contribution in [-0.2, 0) is 11.3 Å². The second kappa shape index (κ2) is 6.85. The molecule has 0 aliphatic rings. The van der Waals surface area contributed by atoms with E-state index in [9.17, 15) is 9.18 Å². The van der Waals surface area contributed by atoms with Gasteiger partial charge in [-0.05, 0) is 30.7 Å². The van der Waals surface area contributed by atoms with Crippen molar-refractivity contribution in [2.75, 3.05) is 11.9 Å². The van der Waals surface area contributed by atoms with Crippen LogP contribution < -0.4 is 15.8 Å². The van der Waals surface area contributed by atoms with Gasteiger partial charge in [-0.3, -0.25) is 4.79 Å². The first-order valence-corrected chi connectivity index (χ1v) is 6.57. The smallest absolute Gasteiger partial charge is 0.262 e. The highest BCUT2D eigenvalue weighted by Crippen LogP contribution is 2.17. The molecule has 0 spiro atoms. The molecule has 3 N–H and O–H groups in total. The summed E-state index contributed by atoms with van der Waals surface area (Å²) in [4.78, 5) is 11.8. The molecule has 0 heterocycles. The van der Waals surface area contributed by atoms with Gasteiger partial charge in [0.1, 0.15) is 11.6 Å². The lowest BCUT2D eigenvalue weighted by Gasteiger charge is -2.10. The summed E-state index contributed by atoms with van der Waals surface area (Å²) in [6.45, 7) is 1.83. The van der Waals surface area contributed by atoms with Crippen LogP contribution in [0.2, 0.25) is 0 Å². The normalized spacial score (nSPS) is 10.2. The van der Waals surface area contributed by atoms with Crippen molar-refractivity contribution in [1.82, 2.24) is 0 Å². The molecule has 0 aromatic heterocycles. The van der Waals surface area contributed by atoms with E-state index in [1.807, 2.05) is 18.2 Å². The Hall–Kier alpha value is -2.40. The van der Waals surface area contributed by atoms with E-state index >= 15 is 0 Å². The largest absolute Gasteiger partial charge is 0.483 e. The van der Waals surface area contributed by atoms with Crippen LogP contribution in [0.15, 0.2) is 42.5 Å². The molecule has 0 atom stereocenters. The highest BCUT2D eigenvalue weighted by atomic mass is 19.1. The fourth-order valence-corrected chi connectivity index (χ4v) is 1.82. The minimum absolute atomic E-state index is 0.160. The Bertz CT molecular complexity index is 644. The van der Waals surface area contributed by atoms with Crippen molar-refractivity contribution in [2.24, 2.45) is 5.73 Å². The number of halogens is 1. The molecule has 0 fully saturated rings. The third-order valence-corrected chi connectivity index (χ3v) is 3.01. The standard InChI is InChI=1S/C16H17FN2O2/c1-11-6-7-13(8-14(11)17)19-16(20)10-21-15-5-3-2-4-12(15)9-18/h2-8H,9-10,18H2,1H3,(H,19,20). The number of benzene rings is 2. The molecular formula is C16H17FN2O2. The Kier molecular flexibility index (Phi) is 4.90. The van der Waals surface area contributed by atoms with Gasteiger partial charge in [0, 0.05) is 17.8 Å². The molecule has 21 heavy (non-hydrogen) atoms. The molecule has 0 bridgehead atoms. The number of carbonyl (C=O) groups is 1. The first-order chi connectivity index (χ1) is 10.1. The van der Waals surface area contributed by atoms with Crippen LogP contribution in [-0.4, -0.2) is 12.5 Å². The summed E-state index contributed by atoms with van der Waals surface area (Å²) < 4.78 is 18.8. The van der Waals surface area contributed by atoms with Gasteiger partial charge in [-0.25, -0.2) is 4.39 Å². The molecule has 0 aliphatic heterocycles. The number of aryl methyl sites for hydroxylation is 1. The van der Waals surface area contributed by atoms with Gasteiger partial charge in [-0.1, -0.05) is 24.3 Å². The maximum Gasteiger partial charge on any atom is 0.262 e. The van der Waals surface area contributed by atoms with E-state index in [2.05, 4.69) is 5.32 Å². The van der Waals surface area contributed by atoms with Crippen LogP contribution in [0.5, 0.6) is 5.75 Å². The van der Waals surface area contributed by atoms with Gasteiger partial charge >= 0.3 is 0 Å². The number of nitrogens with one attached hydrogen (secondary N) is 1. The number of hydrogen-bond acceptors (Lipinski definition) is 3. The summed E-state index contributed by atoms with van der Waals surface area (Å²) in [5, 5.41) is 2.58. The molecule has 0 saturated heterocycles. The number of hydrogen-bond donors (Lipinski definition) is 2. The third kappa shape index (κ3) is 4.03. The SMILES string of the molecule is Cc1ccc(NC(=O)COc2ccccc2CN)cc1F. The van der Waals surface area contributed by atoms with E-state index < -0.39 is 0 Å². The van der Waals surface area contributed by atoms with Gasteiger partial charge in [-0.2, -0.15) is 0 Å². The predicted molar refractivity (Wildman–Crippen MR) is 79.6 cm³/mol. The zero-order valence-electron chi connectivity index (χ0n) is 11.7. The van der Waals surface area contributed by atoms with Crippen LogP contribution in [0.3, 0.4) is 0 Å². The minimum atomic E-state index is -0.359. The molecular weight excluding hydrogens is 271 g/mol. The molecule has 0 radical (unpaired) electrons. The van der Waals surface area contributed by atoms with E-state index in [1.54, 1.807) is 25.1 Å². The number of anilines is 1. The maximum atomic E-state index is 13.4. The second-order valence-electron chi connectivity index (χ2n) is 4.61. The zero-order chi connectivity index (χ0) is 15.2. The Labute approximate surface area is 122 Å². The van der Waals surface area contributed by atoms with E-state index in [-0.39, 0.29) is 18.3 Å². The van der Waals surface area contributed by atoms with Crippen LogP contribution in [0.25, 0.3) is 0 Å². The van der Waals surface area contributed by atoms with Crippen LogP contribution in [0, 0.1) is 12.7 Å². The lowest BCUT2D eigenvalue weighted by molar-refractivity contribution is -0.118. The number of carbonyl (C=O) groups excluding carboxylic acids is 1. The van der Waals surface area contributed by atoms with Crippen molar-refractivity contribution in [3.05, 3.63) is 59.4 Å². The quantitative estimate of drug-likeness (QED) is 0.889. The van der Waals surface area contributed by atoms with Gasteiger partial charge in [0.2, 0.25) is 0 Å². The Balaban J connectivity index is 1.94. The lowest BCUT2D eigenvalue weighted by Crippen LogP contribution is -2.20. The predicted octanol–water partition coefficient (Wildman–Crippen LogP) is 2.61. The maximum absolute atomic E-state index is 13.4. The second-order valence-corrected chi connectivity index (χ2v) is 4.61. The van der Waals surface area contributed by atoms with Crippen molar-refractivity contribution < 1.29 is 13.9 Å². The topological polar surface area (TPSA) is 64.3 Å². The van der Waals surface area contributed by atoms with Crippen molar-refractivity contribution >= 4 is 11.6 Å². The molecule has 1 amide bonds. The van der Waals surface area contributed by atoms with E-state index in [0.29, 0.717) is 23.5 Å². The monoisotopic (exact) mass is 288 g/mol. The number of nitrogens with two attached hydrogens (primary N) is 1. The number of ether oxygens (including phenoxy) is 1. The zero-order valence-corrected chi connectivity index (χ0v) is 11.7. The fourth-order valence-electron chi connectivity index (χ4n) is 1.82. The van der Waals surface area contributed by atoms with Gasteiger partial charge in [-0.15, -0.1) is 0 Å². The van der Waals surface area contributed by atoms with Gasteiger partial charge in [0.05, 0.1) is 0 Å². The van der Waals surface area contributed by atoms with E-state index in [4.69, 9.17) is 10.5 Å². The Morgan fingerprint density at radius 2 is 2.05 bits per heavy atom. The summed E-state index contributed by atoms with van der Waals surface area (Å²) >= 11 is 0. The molecule has 2 aromatic rings. The molecule has 5 heteroatoms. The summed E-state index contributed by atoms with van der Waals surface area (Å²) in [6, 6.07) is 11.8. The van der Waals surface area contributed by atoms with Crippen LogP contribution >= 0.6 is 0 Å². The first kappa shape index (κ1) is 15.0. The van der Waals surface area contributed by atoms with Crippen molar-refractivity contribution in [3.63, 3.8) is 0 Å². The lowest BCUT2D eigenvalue weighted by atomic mass is 10.2. The fraction of sp³-hybridized carbons (Fsp3) is 0.188. The number of para-hydroxylation sites is 1. The molecule has 4 nitrogen and oxygen atoms in total. The molecule has 110 valence electrons. The van der Waals surface area contributed by atoms with Crippen LogP contribution in [0.1, 0.15) is 11.1 Å². The molecule has 2 rings (SSSR count). The van der Waals surface area contributed by atoms with Gasteiger partial charge < -0.3 is 15.8 Å². The Morgan fingerprint density at radius 1 is 1.29 bits per heavy atom. The minimum Gasteiger partial charge on any atom is -0.483 e. The van der Waals surface area contributed by atoms with Gasteiger partial charge in [0.15, 0.2) is 6.61 Å². The summed E-state index contributed by atoms with van der Waals surface area (Å²) in [5.41, 5.74) is 7.35. The van der Waals surface area contributed by atoms with E-state index in [0.717, 1.165) is 5.56 Å². The number of amides is 1. The van der Waals surface area contributed by atoms with Crippen LogP contribution in [0.4, 0.5) is 10.1 Å². The average Bonchev–Trinajstić information content (AvgIpc) is 2.49. The van der Waals surface area contributed by atoms with Crippen molar-refractivity contribution in [1.29, 1.82) is 0 Å². The molecule has 0 aliphatic carbocycles. The van der Waals surface area contributed by atoms with Crippen molar-refractivity contribution in [3.8, 4) is 5.75 Å². The number of rotatable bonds is 5. The molecule has 0 saturated carbocycles. The first-order valence-electron chi connectivity index (χ1n) is 6.57. The third-order valence-electron chi connectivity index (χ3n) is 3.01. The highest BCUT2D eigenvalue weighted by molar-refractivity contribution is 5.91. The summed E-state index contributed by atoms with van der Waals surface area (Å²) in [5.74, 6) is -0.141. The highest BCUT2D eigenvalue weighted by Gasteiger charge is 2.07. The summed E-state index contributed by atoms with van der Waals surface area (Å²) in [7, 11) is 0.